The number of carboxylic acid groups (broad SMARTS) is 1. The van der Waals surface area contributed by atoms with E-state index in [1.807, 2.05) is 0 Å². The summed E-state index contributed by atoms with van der Waals surface area (Å²) in [5.74, 6) is -1.62. The molecule has 0 bridgehead atoms. The third-order valence-electron chi connectivity index (χ3n) is 2.51. The Hall–Kier alpha value is -1.46. The van der Waals surface area contributed by atoms with E-state index in [0.29, 0.717) is 15.7 Å². The molecule has 7 heteroatoms. The van der Waals surface area contributed by atoms with Gasteiger partial charge in [0.2, 0.25) is 0 Å². The van der Waals surface area contributed by atoms with Crippen molar-refractivity contribution in [3.05, 3.63) is 28.2 Å². The lowest BCUT2D eigenvalue weighted by Crippen LogP contribution is -2.36. The quantitative estimate of drug-likeness (QED) is 0.897. The Labute approximate surface area is 121 Å². The summed E-state index contributed by atoms with van der Waals surface area (Å²) in [6, 6.07) is 4.39. The van der Waals surface area contributed by atoms with Gasteiger partial charge in [-0.2, -0.15) is 0 Å². The summed E-state index contributed by atoms with van der Waals surface area (Å²) in [5.41, 5.74) is 0.311. The van der Waals surface area contributed by atoms with E-state index >= 15 is 0 Å². The highest BCUT2D eigenvalue weighted by Gasteiger charge is 2.18. The largest absolute Gasteiger partial charge is 0.481 e. The second kappa shape index (κ2) is 6.63. The standard InChI is InChI=1S/C12H14Cl2N2O3/c1-7(11(17)18)6-16(2)12(19)15-10-8(13)4-3-5-9(10)14/h3-5,7H,6H2,1-2H3,(H,15,19)(H,17,18). The molecule has 0 aliphatic heterocycles. The molecule has 0 radical (unpaired) electrons. The Morgan fingerprint density at radius 2 is 1.89 bits per heavy atom. The van der Waals surface area contributed by atoms with Crippen molar-refractivity contribution in [1.82, 2.24) is 4.90 Å². The van der Waals surface area contributed by atoms with Gasteiger partial charge in [-0.1, -0.05) is 36.2 Å². The number of urea groups is 1. The van der Waals surface area contributed by atoms with Crippen LogP contribution < -0.4 is 5.32 Å². The van der Waals surface area contributed by atoms with Crippen LogP contribution in [-0.4, -0.2) is 35.6 Å². The number of carboxylic acids is 1. The van der Waals surface area contributed by atoms with Gasteiger partial charge in [-0.3, -0.25) is 4.79 Å². The zero-order chi connectivity index (χ0) is 14.6. The van der Waals surface area contributed by atoms with Crippen LogP contribution in [0.5, 0.6) is 0 Å². The fourth-order valence-electron chi connectivity index (χ4n) is 1.39. The van der Waals surface area contributed by atoms with Crippen LogP contribution in [0.1, 0.15) is 6.92 Å². The Kier molecular flexibility index (Phi) is 5.44. The first-order valence-electron chi connectivity index (χ1n) is 5.52. The highest BCUT2D eigenvalue weighted by Crippen LogP contribution is 2.29. The minimum absolute atomic E-state index is 0.0865. The van der Waals surface area contributed by atoms with Gasteiger partial charge in [-0.05, 0) is 12.1 Å². The lowest BCUT2D eigenvalue weighted by atomic mass is 10.2. The molecule has 2 N–H and O–H groups in total. The maximum atomic E-state index is 11.9. The second-order valence-corrected chi connectivity index (χ2v) is 4.96. The molecule has 1 unspecified atom stereocenters. The third-order valence-corrected chi connectivity index (χ3v) is 3.14. The maximum absolute atomic E-state index is 11.9. The summed E-state index contributed by atoms with van der Waals surface area (Å²) in [7, 11) is 1.50. The van der Waals surface area contributed by atoms with Crippen LogP contribution in [0.2, 0.25) is 10.0 Å². The van der Waals surface area contributed by atoms with E-state index in [-0.39, 0.29) is 6.54 Å². The molecule has 0 aromatic heterocycles. The van der Waals surface area contributed by atoms with E-state index in [0.717, 1.165) is 0 Å². The molecule has 0 aliphatic carbocycles. The Morgan fingerprint density at radius 3 is 2.37 bits per heavy atom. The average Bonchev–Trinajstić information content (AvgIpc) is 2.33. The van der Waals surface area contributed by atoms with Gasteiger partial charge in [0.15, 0.2) is 0 Å². The van der Waals surface area contributed by atoms with Gasteiger partial charge in [-0.15, -0.1) is 0 Å². The number of nitrogens with one attached hydrogen (secondary N) is 1. The summed E-state index contributed by atoms with van der Waals surface area (Å²) in [4.78, 5) is 23.9. The number of benzene rings is 1. The van der Waals surface area contributed by atoms with E-state index in [9.17, 15) is 9.59 Å². The number of carbonyl (C=O) groups excluding carboxylic acids is 1. The van der Waals surface area contributed by atoms with E-state index < -0.39 is 17.9 Å². The number of nitrogens with zero attached hydrogens (tertiary/aromatic N) is 1. The molecule has 1 atom stereocenters. The first-order valence-corrected chi connectivity index (χ1v) is 6.27. The summed E-state index contributed by atoms with van der Waals surface area (Å²) in [6.45, 7) is 1.61. The van der Waals surface area contributed by atoms with Crippen molar-refractivity contribution in [2.75, 3.05) is 18.9 Å². The zero-order valence-electron chi connectivity index (χ0n) is 10.5. The summed E-state index contributed by atoms with van der Waals surface area (Å²) >= 11 is 11.8. The summed E-state index contributed by atoms with van der Waals surface area (Å²) in [5, 5.41) is 12.0. The first kappa shape index (κ1) is 15.6. The Balaban J connectivity index is 2.72. The summed E-state index contributed by atoms with van der Waals surface area (Å²) in [6.07, 6.45) is 0. The Bertz CT molecular complexity index is 474. The van der Waals surface area contributed by atoms with E-state index in [2.05, 4.69) is 5.32 Å². The topological polar surface area (TPSA) is 69.6 Å². The lowest BCUT2D eigenvalue weighted by molar-refractivity contribution is -0.141. The van der Waals surface area contributed by atoms with Gasteiger partial charge in [0, 0.05) is 13.6 Å². The number of amides is 2. The SMILES string of the molecule is CC(CN(C)C(=O)Nc1c(Cl)cccc1Cl)C(=O)O. The molecule has 2 amide bonds. The second-order valence-electron chi connectivity index (χ2n) is 4.15. The molecular weight excluding hydrogens is 291 g/mol. The number of anilines is 1. The van der Waals surface area contributed by atoms with Crippen molar-refractivity contribution in [1.29, 1.82) is 0 Å². The van der Waals surface area contributed by atoms with Gasteiger partial charge >= 0.3 is 12.0 Å². The number of aliphatic carboxylic acids is 1. The van der Waals surface area contributed by atoms with Crippen molar-refractivity contribution in [3.8, 4) is 0 Å². The number of carbonyl (C=O) groups is 2. The Morgan fingerprint density at radius 1 is 1.37 bits per heavy atom. The molecule has 1 rings (SSSR count). The van der Waals surface area contributed by atoms with Crippen LogP contribution >= 0.6 is 23.2 Å². The van der Waals surface area contributed by atoms with Gasteiger partial charge in [-0.25, -0.2) is 4.79 Å². The maximum Gasteiger partial charge on any atom is 0.321 e. The molecule has 0 heterocycles. The highest BCUT2D eigenvalue weighted by molar-refractivity contribution is 6.39. The number of para-hydroxylation sites is 1. The first-order chi connectivity index (χ1) is 8.82. The fourth-order valence-corrected chi connectivity index (χ4v) is 1.88. The molecule has 19 heavy (non-hydrogen) atoms. The predicted octanol–water partition coefficient (Wildman–Crippen LogP) is 3.18. The monoisotopic (exact) mass is 304 g/mol. The van der Waals surface area contributed by atoms with Crippen molar-refractivity contribution in [3.63, 3.8) is 0 Å². The van der Waals surface area contributed by atoms with E-state index in [1.165, 1.54) is 18.9 Å². The number of hydrogen-bond acceptors (Lipinski definition) is 2. The minimum atomic E-state index is -0.963. The molecule has 0 fully saturated rings. The van der Waals surface area contributed by atoms with E-state index in [4.69, 9.17) is 28.3 Å². The van der Waals surface area contributed by atoms with Crippen molar-refractivity contribution in [2.45, 2.75) is 6.92 Å². The van der Waals surface area contributed by atoms with Crippen LogP contribution in [-0.2, 0) is 4.79 Å². The molecule has 104 valence electrons. The van der Waals surface area contributed by atoms with Crippen molar-refractivity contribution < 1.29 is 14.7 Å². The van der Waals surface area contributed by atoms with Gasteiger partial charge in [0.25, 0.3) is 0 Å². The number of rotatable bonds is 4. The third kappa shape index (κ3) is 4.29. The van der Waals surface area contributed by atoms with Gasteiger partial charge < -0.3 is 15.3 Å². The number of hydrogen-bond donors (Lipinski definition) is 2. The molecule has 0 spiro atoms. The lowest BCUT2D eigenvalue weighted by Gasteiger charge is -2.20. The molecule has 0 saturated carbocycles. The van der Waals surface area contributed by atoms with Crippen LogP contribution in [0.4, 0.5) is 10.5 Å². The zero-order valence-corrected chi connectivity index (χ0v) is 12.0. The van der Waals surface area contributed by atoms with Crippen LogP contribution in [0, 0.1) is 5.92 Å². The molecule has 0 aliphatic rings. The number of halogens is 2. The van der Waals surface area contributed by atoms with Gasteiger partial charge in [0.1, 0.15) is 0 Å². The molecule has 1 aromatic rings. The van der Waals surface area contributed by atoms with Crippen LogP contribution in [0.3, 0.4) is 0 Å². The fraction of sp³-hybridized carbons (Fsp3) is 0.333. The highest BCUT2D eigenvalue weighted by atomic mass is 35.5. The van der Waals surface area contributed by atoms with Crippen molar-refractivity contribution >= 4 is 40.9 Å². The smallest absolute Gasteiger partial charge is 0.321 e. The average molecular weight is 305 g/mol. The molecule has 5 nitrogen and oxygen atoms in total. The van der Waals surface area contributed by atoms with Crippen molar-refractivity contribution in [2.24, 2.45) is 5.92 Å². The van der Waals surface area contributed by atoms with Crippen LogP contribution in [0.15, 0.2) is 18.2 Å². The van der Waals surface area contributed by atoms with Crippen LogP contribution in [0.25, 0.3) is 0 Å². The molecular formula is C12H14Cl2N2O3. The normalized spacial score (nSPS) is 11.8. The molecule has 1 aromatic carbocycles. The van der Waals surface area contributed by atoms with Gasteiger partial charge in [0.05, 0.1) is 21.7 Å². The van der Waals surface area contributed by atoms with E-state index in [1.54, 1.807) is 18.2 Å². The minimum Gasteiger partial charge on any atom is -0.481 e. The summed E-state index contributed by atoms with van der Waals surface area (Å²) < 4.78 is 0. The predicted molar refractivity (Wildman–Crippen MR) is 74.9 cm³/mol. The molecule has 0 saturated heterocycles.